The summed E-state index contributed by atoms with van der Waals surface area (Å²) in [7, 11) is 0. The van der Waals surface area contributed by atoms with Gasteiger partial charge in [-0.15, -0.1) is 10.2 Å². The van der Waals surface area contributed by atoms with Crippen molar-refractivity contribution in [2.75, 3.05) is 13.1 Å². The van der Waals surface area contributed by atoms with Gasteiger partial charge < -0.3 is 9.40 Å². The fourth-order valence-corrected chi connectivity index (χ4v) is 3.16. The molecule has 1 fully saturated rings. The van der Waals surface area contributed by atoms with Crippen LogP contribution in [0, 0.1) is 6.92 Å². The SMILES string of the molecule is Cc1nnc(C2CCN(Cc3c[nH]c4ccccc34)C2)o1. The molecule has 0 spiro atoms. The summed E-state index contributed by atoms with van der Waals surface area (Å²) >= 11 is 0. The predicted octanol–water partition coefficient (Wildman–Crippen LogP) is 2.85. The van der Waals surface area contributed by atoms with Crippen molar-refractivity contribution in [2.45, 2.75) is 25.8 Å². The highest BCUT2D eigenvalue weighted by molar-refractivity contribution is 5.82. The van der Waals surface area contributed by atoms with Crippen molar-refractivity contribution < 1.29 is 4.42 Å². The molecule has 108 valence electrons. The number of nitrogens with zero attached hydrogens (tertiary/aromatic N) is 3. The summed E-state index contributed by atoms with van der Waals surface area (Å²) in [5, 5.41) is 9.41. The maximum absolute atomic E-state index is 5.57. The summed E-state index contributed by atoms with van der Waals surface area (Å²) in [4.78, 5) is 5.80. The van der Waals surface area contributed by atoms with Crippen LogP contribution in [-0.2, 0) is 6.54 Å². The van der Waals surface area contributed by atoms with E-state index in [1.165, 1.54) is 16.5 Å². The molecule has 2 aromatic heterocycles. The number of fused-ring (bicyclic) bond motifs is 1. The van der Waals surface area contributed by atoms with E-state index in [9.17, 15) is 0 Å². The standard InChI is InChI=1S/C16H18N4O/c1-11-18-19-16(21-11)12-6-7-20(9-12)10-13-8-17-15-5-3-2-4-14(13)15/h2-5,8,12,17H,6-7,9-10H2,1H3. The Labute approximate surface area is 123 Å². The first-order valence-corrected chi connectivity index (χ1v) is 7.37. The lowest BCUT2D eigenvalue weighted by molar-refractivity contribution is 0.320. The van der Waals surface area contributed by atoms with Crippen molar-refractivity contribution in [2.24, 2.45) is 0 Å². The van der Waals surface area contributed by atoms with Crippen LogP contribution in [0.3, 0.4) is 0 Å². The third kappa shape index (κ3) is 2.34. The summed E-state index contributed by atoms with van der Waals surface area (Å²) in [6, 6.07) is 8.45. The van der Waals surface area contributed by atoms with Gasteiger partial charge in [-0.05, 0) is 24.6 Å². The Morgan fingerprint density at radius 2 is 2.24 bits per heavy atom. The molecule has 0 radical (unpaired) electrons. The maximum atomic E-state index is 5.57. The van der Waals surface area contributed by atoms with E-state index in [1.807, 2.05) is 6.92 Å². The highest BCUT2D eigenvalue weighted by Gasteiger charge is 2.28. The molecule has 1 aliphatic rings. The molecular weight excluding hydrogens is 264 g/mol. The van der Waals surface area contributed by atoms with Gasteiger partial charge in [-0.1, -0.05) is 18.2 Å². The summed E-state index contributed by atoms with van der Waals surface area (Å²) in [6.45, 7) is 4.87. The third-order valence-electron chi connectivity index (χ3n) is 4.23. The molecule has 5 heteroatoms. The zero-order chi connectivity index (χ0) is 14.2. The molecule has 0 amide bonds. The first-order valence-electron chi connectivity index (χ1n) is 7.37. The smallest absolute Gasteiger partial charge is 0.220 e. The Morgan fingerprint density at radius 3 is 3.10 bits per heavy atom. The molecule has 1 aliphatic heterocycles. The number of likely N-dealkylation sites (tertiary alicyclic amines) is 1. The van der Waals surface area contributed by atoms with Gasteiger partial charge in [-0.25, -0.2) is 0 Å². The number of hydrogen-bond acceptors (Lipinski definition) is 4. The Morgan fingerprint density at radius 1 is 1.33 bits per heavy atom. The molecule has 3 heterocycles. The minimum Gasteiger partial charge on any atom is -0.425 e. The van der Waals surface area contributed by atoms with E-state index in [2.05, 4.69) is 50.5 Å². The fraction of sp³-hybridized carbons (Fsp3) is 0.375. The van der Waals surface area contributed by atoms with Crippen LogP contribution >= 0.6 is 0 Å². The number of aromatic nitrogens is 3. The molecule has 0 saturated carbocycles. The molecule has 21 heavy (non-hydrogen) atoms. The van der Waals surface area contributed by atoms with E-state index in [0.29, 0.717) is 11.8 Å². The lowest BCUT2D eigenvalue weighted by atomic mass is 10.1. The minimum absolute atomic E-state index is 0.372. The van der Waals surface area contributed by atoms with E-state index in [4.69, 9.17) is 4.42 Å². The zero-order valence-electron chi connectivity index (χ0n) is 12.0. The Hall–Kier alpha value is -2.14. The fourth-order valence-electron chi connectivity index (χ4n) is 3.16. The van der Waals surface area contributed by atoms with Crippen LogP contribution in [0.25, 0.3) is 10.9 Å². The van der Waals surface area contributed by atoms with Gasteiger partial charge in [0.05, 0.1) is 5.92 Å². The van der Waals surface area contributed by atoms with E-state index in [1.54, 1.807) is 0 Å². The maximum Gasteiger partial charge on any atom is 0.220 e. The van der Waals surface area contributed by atoms with Crippen molar-refractivity contribution in [3.8, 4) is 0 Å². The molecular formula is C16H18N4O. The Bertz CT molecular complexity index is 760. The number of hydrogen-bond donors (Lipinski definition) is 1. The van der Waals surface area contributed by atoms with Crippen molar-refractivity contribution in [1.29, 1.82) is 0 Å². The second-order valence-electron chi connectivity index (χ2n) is 5.74. The number of nitrogens with one attached hydrogen (secondary N) is 1. The predicted molar refractivity (Wildman–Crippen MR) is 80.0 cm³/mol. The first-order chi connectivity index (χ1) is 10.3. The van der Waals surface area contributed by atoms with Crippen molar-refractivity contribution in [1.82, 2.24) is 20.1 Å². The summed E-state index contributed by atoms with van der Waals surface area (Å²) in [6.07, 6.45) is 3.21. The topological polar surface area (TPSA) is 58.0 Å². The number of aryl methyl sites for hydroxylation is 1. The summed E-state index contributed by atoms with van der Waals surface area (Å²) in [5.74, 6) is 1.81. The highest BCUT2D eigenvalue weighted by atomic mass is 16.4. The van der Waals surface area contributed by atoms with Gasteiger partial charge >= 0.3 is 0 Å². The highest BCUT2D eigenvalue weighted by Crippen LogP contribution is 2.28. The van der Waals surface area contributed by atoms with Crippen LogP contribution in [0.2, 0.25) is 0 Å². The molecule has 0 bridgehead atoms. The van der Waals surface area contributed by atoms with E-state index < -0.39 is 0 Å². The summed E-state index contributed by atoms with van der Waals surface area (Å²) < 4.78 is 5.57. The molecule has 1 aromatic carbocycles. The zero-order valence-corrected chi connectivity index (χ0v) is 12.0. The quantitative estimate of drug-likeness (QED) is 0.802. The normalized spacial score (nSPS) is 19.6. The largest absolute Gasteiger partial charge is 0.425 e. The molecule has 5 nitrogen and oxygen atoms in total. The van der Waals surface area contributed by atoms with Gasteiger partial charge in [0, 0.05) is 37.1 Å². The average Bonchev–Trinajstić information content (AvgIpc) is 3.20. The van der Waals surface area contributed by atoms with Crippen LogP contribution in [0.1, 0.15) is 29.7 Å². The third-order valence-corrected chi connectivity index (χ3v) is 4.23. The first kappa shape index (κ1) is 12.6. The van der Waals surface area contributed by atoms with Gasteiger partial charge in [-0.2, -0.15) is 0 Å². The molecule has 3 aromatic rings. The van der Waals surface area contributed by atoms with Gasteiger partial charge in [0.2, 0.25) is 11.8 Å². The molecule has 1 saturated heterocycles. The second kappa shape index (κ2) is 5.00. The second-order valence-corrected chi connectivity index (χ2v) is 5.74. The molecule has 1 unspecified atom stereocenters. The van der Waals surface area contributed by atoms with Crippen LogP contribution in [0.4, 0.5) is 0 Å². The number of aromatic amines is 1. The van der Waals surface area contributed by atoms with Crippen LogP contribution < -0.4 is 0 Å². The Kier molecular flexibility index (Phi) is 3.00. The van der Waals surface area contributed by atoms with E-state index >= 15 is 0 Å². The van der Waals surface area contributed by atoms with E-state index in [0.717, 1.165) is 31.9 Å². The molecule has 0 aliphatic carbocycles. The number of rotatable bonds is 3. The number of benzene rings is 1. The van der Waals surface area contributed by atoms with Gasteiger partial charge in [-0.3, -0.25) is 4.90 Å². The van der Waals surface area contributed by atoms with Crippen LogP contribution in [0.15, 0.2) is 34.9 Å². The monoisotopic (exact) mass is 282 g/mol. The minimum atomic E-state index is 0.372. The van der Waals surface area contributed by atoms with Crippen molar-refractivity contribution in [3.05, 3.63) is 47.8 Å². The van der Waals surface area contributed by atoms with Crippen LogP contribution in [0.5, 0.6) is 0 Å². The van der Waals surface area contributed by atoms with Crippen LogP contribution in [-0.4, -0.2) is 33.2 Å². The number of H-pyrrole nitrogens is 1. The van der Waals surface area contributed by atoms with Gasteiger partial charge in [0.1, 0.15) is 0 Å². The van der Waals surface area contributed by atoms with Gasteiger partial charge in [0.25, 0.3) is 0 Å². The lowest BCUT2D eigenvalue weighted by Crippen LogP contribution is -2.19. The summed E-state index contributed by atoms with van der Waals surface area (Å²) in [5.41, 5.74) is 2.56. The molecule has 1 N–H and O–H groups in total. The number of para-hydroxylation sites is 1. The van der Waals surface area contributed by atoms with Crippen molar-refractivity contribution in [3.63, 3.8) is 0 Å². The molecule has 1 atom stereocenters. The molecule has 4 rings (SSSR count). The van der Waals surface area contributed by atoms with Crippen molar-refractivity contribution >= 4 is 10.9 Å². The van der Waals surface area contributed by atoms with E-state index in [-0.39, 0.29) is 0 Å². The lowest BCUT2D eigenvalue weighted by Gasteiger charge is -2.14. The van der Waals surface area contributed by atoms with Gasteiger partial charge in [0.15, 0.2) is 0 Å². The Balaban J connectivity index is 1.49. The average molecular weight is 282 g/mol.